The molecule has 2 aromatic heterocycles. The number of anilines is 1. The Labute approximate surface area is 185 Å². The maximum Gasteiger partial charge on any atom is 0.254 e. The van der Waals surface area contributed by atoms with E-state index in [1.54, 1.807) is 16.6 Å². The smallest absolute Gasteiger partial charge is 0.254 e. The number of aryl methyl sites for hydroxylation is 1. The molecule has 1 saturated heterocycles. The monoisotopic (exact) mass is 439 g/mol. The number of nitrogens with zero attached hydrogens (tertiary/aromatic N) is 5. The molecule has 0 spiro atoms. The SMILES string of the molecule is CC(=O)NC(Cc1cccc(F)c1)C(=O)NC1CCN(c2cc(C)nc3ncnn23)CC1. The van der Waals surface area contributed by atoms with Gasteiger partial charge in [-0.3, -0.25) is 9.59 Å². The molecule has 3 aromatic rings. The van der Waals surface area contributed by atoms with Gasteiger partial charge in [0.05, 0.1) is 0 Å². The second kappa shape index (κ2) is 9.29. The number of nitrogens with one attached hydrogen (secondary N) is 2. The molecule has 168 valence electrons. The third-order valence-electron chi connectivity index (χ3n) is 5.55. The van der Waals surface area contributed by atoms with E-state index in [4.69, 9.17) is 0 Å². The van der Waals surface area contributed by atoms with Crippen LogP contribution >= 0.6 is 0 Å². The van der Waals surface area contributed by atoms with Crippen LogP contribution in [0.1, 0.15) is 31.0 Å². The van der Waals surface area contributed by atoms with E-state index in [9.17, 15) is 14.0 Å². The molecule has 32 heavy (non-hydrogen) atoms. The Morgan fingerprint density at radius 1 is 1.25 bits per heavy atom. The predicted molar refractivity (Wildman–Crippen MR) is 117 cm³/mol. The van der Waals surface area contributed by atoms with Gasteiger partial charge in [0.1, 0.15) is 24.0 Å². The minimum Gasteiger partial charge on any atom is -0.356 e. The largest absolute Gasteiger partial charge is 0.356 e. The van der Waals surface area contributed by atoms with E-state index in [-0.39, 0.29) is 30.1 Å². The van der Waals surface area contributed by atoms with Gasteiger partial charge in [-0.05, 0) is 37.5 Å². The summed E-state index contributed by atoms with van der Waals surface area (Å²) in [6.45, 7) is 4.76. The van der Waals surface area contributed by atoms with Crippen LogP contribution in [-0.4, -0.2) is 56.6 Å². The number of piperidine rings is 1. The molecule has 1 aromatic carbocycles. The number of carbonyl (C=O) groups is 2. The summed E-state index contributed by atoms with van der Waals surface area (Å²) in [5.74, 6) is 0.551. The van der Waals surface area contributed by atoms with E-state index in [0.717, 1.165) is 37.4 Å². The third-order valence-corrected chi connectivity index (χ3v) is 5.55. The van der Waals surface area contributed by atoms with Gasteiger partial charge in [-0.25, -0.2) is 9.37 Å². The number of fused-ring (bicyclic) bond motifs is 1. The molecule has 3 heterocycles. The lowest BCUT2D eigenvalue weighted by Gasteiger charge is -2.34. The first kappa shape index (κ1) is 21.7. The molecule has 0 radical (unpaired) electrons. The van der Waals surface area contributed by atoms with Crippen molar-refractivity contribution in [3.05, 3.63) is 53.7 Å². The van der Waals surface area contributed by atoms with Crippen molar-refractivity contribution in [2.45, 2.75) is 45.2 Å². The zero-order valence-corrected chi connectivity index (χ0v) is 18.1. The number of carbonyl (C=O) groups excluding carboxylic acids is 2. The normalized spacial score (nSPS) is 15.5. The summed E-state index contributed by atoms with van der Waals surface area (Å²) < 4.78 is 15.2. The Balaban J connectivity index is 1.39. The van der Waals surface area contributed by atoms with E-state index in [1.165, 1.54) is 25.4 Å². The summed E-state index contributed by atoms with van der Waals surface area (Å²) >= 11 is 0. The summed E-state index contributed by atoms with van der Waals surface area (Å²) in [5, 5.41) is 10.0. The molecule has 1 aliphatic rings. The van der Waals surface area contributed by atoms with Gasteiger partial charge in [-0.1, -0.05) is 12.1 Å². The van der Waals surface area contributed by atoms with Crippen molar-refractivity contribution in [1.29, 1.82) is 0 Å². The van der Waals surface area contributed by atoms with Crippen LogP contribution in [-0.2, 0) is 16.0 Å². The Kier molecular flexibility index (Phi) is 6.29. The Bertz CT molecular complexity index is 1120. The quantitative estimate of drug-likeness (QED) is 0.602. The molecule has 0 bridgehead atoms. The lowest BCUT2D eigenvalue weighted by atomic mass is 10.0. The molecule has 1 atom stereocenters. The van der Waals surface area contributed by atoms with Gasteiger partial charge in [0.2, 0.25) is 11.8 Å². The van der Waals surface area contributed by atoms with E-state index in [2.05, 4.69) is 30.6 Å². The van der Waals surface area contributed by atoms with Gasteiger partial charge in [0.15, 0.2) is 0 Å². The Morgan fingerprint density at radius 2 is 2.03 bits per heavy atom. The summed E-state index contributed by atoms with van der Waals surface area (Å²) in [5.41, 5.74) is 1.52. The Morgan fingerprint density at radius 3 is 2.75 bits per heavy atom. The highest BCUT2D eigenvalue weighted by molar-refractivity contribution is 5.87. The van der Waals surface area contributed by atoms with Crippen LogP contribution in [0.3, 0.4) is 0 Å². The van der Waals surface area contributed by atoms with Crippen LogP contribution in [0.4, 0.5) is 10.2 Å². The van der Waals surface area contributed by atoms with Crippen molar-refractivity contribution in [2.24, 2.45) is 0 Å². The fourth-order valence-electron chi connectivity index (χ4n) is 4.05. The molecule has 2 N–H and O–H groups in total. The van der Waals surface area contributed by atoms with Crippen LogP contribution in [0.15, 0.2) is 36.7 Å². The van der Waals surface area contributed by atoms with Gasteiger partial charge in [-0.2, -0.15) is 14.6 Å². The van der Waals surface area contributed by atoms with Crippen LogP contribution < -0.4 is 15.5 Å². The van der Waals surface area contributed by atoms with Gasteiger partial charge in [-0.15, -0.1) is 0 Å². The van der Waals surface area contributed by atoms with Crippen molar-refractivity contribution in [1.82, 2.24) is 30.2 Å². The van der Waals surface area contributed by atoms with Gasteiger partial charge < -0.3 is 15.5 Å². The van der Waals surface area contributed by atoms with Crippen LogP contribution in [0.5, 0.6) is 0 Å². The number of rotatable bonds is 6. The van der Waals surface area contributed by atoms with E-state index in [0.29, 0.717) is 11.3 Å². The summed E-state index contributed by atoms with van der Waals surface area (Å²) in [6.07, 6.45) is 3.20. The summed E-state index contributed by atoms with van der Waals surface area (Å²) in [4.78, 5) is 35.3. The standard InChI is InChI=1S/C22H26FN7O2/c1-14-10-20(30-22(26-14)24-13-25-30)29-8-6-18(7-9-29)28-21(32)19(27-15(2)31)12-16-4-3-5-17(23)11-16/h3-5,10-11,13,18-19H,6-9,12H2,1-2H3,(H,27,31)(H,28,32). The molecule has 1 fully saturated rings. The molecule has 1 aliphatic heterocycles. The first-order valence-corrected chi connectivity index (χ1v) is 10.6. The maximum atomic E-state index is 13.5. The topological polar surface area (TPSA) is 105 Å². The minimum atomic E-state index is -0.759. The average molecular weight is 439 g/mol. The third kappa shape index (κ3) is 5.01. The fraction of sp³-hybridized carbons (Fsp3) is 0.409. The molecule has 1 unspecified atom stereocenters. The minimum absolute atomic E-state index is 0.0170. The van der Waals surface area contributed by atoms with Crippen molar-refractivity contribution >= 4 is 23.4 Å². The molecular weight excluding hydrogens is 413 g/mol. The first-order valence-electron chi connectivity index (χ1n) is 10.6. The fourth-order valence-corrected chi connectivity index (χ4v) is 4.05. The van der Waals surface area contributed by atoms with E-state index >= 15 is 0 Å². The second-order valence-electron chi connectivity index (χ2n) is 8.08. The van der Waals surface area contributed by atoms with Crippen molar-refractivity contribution in [3.63, 3.8) is 0 Å². The van der Waals surface area contributed by atoms with Gasteiger partial charge in [0.25, 0.3) is 5.78 Å². The zero-order chi connectivity index (χ0) is 22.7. The predicted octanol–water partition coefficient (Wildman–Crippen LogP) is 1.40. The van der Waals surface area contributed by atoms with E-state index in [1.807, 2.05) is 13.0 Å². The lowest BCUT2D eigenvalue weighted by Crippen LogP contribution is -2.52. The molecular formula is C22H26FN7O2. The van der Waals surface area contributed by atoms with Crippen LogP contribution in [0.2, 0.25) is 0 Å². The molecule has 0 saturated carbocycles. The van der Waals surface area contributed by atoms with Gasteiger partial charge in [0, 0.05) is 44.2 Å². The molecule has 10 heteroatoms. The molecule has 2 amide bonds. The van der Waals surface area contributed by atoms with Crippen molar-refractivity contribution in [2.75, 3.05) is 18.0 Å². The Hall–Kier alpha value is -3.56. The average Bonchev–Trinajstić information content (AvgIpc) is 3.21. The van der Waals surface area contributed by atoms with Crippen molar-refractivity contribution in [3.8, 4) is 0 Å². The van der Waals surface area contributed by atoms with Crippen LogP contribution in [0.25, 0.3) is 5.78 Å². The number of halogens is 1. The zero-order valence-electron chi connectivity index (χ0n) is 18.1. The van der Waals surface area contributed by atoms with Gasteiger partial charge >= 0.3 is 0 Å². The number of hydrogen-bond donors (Lipinski definition) is 2. The summed E-state index contributed by atoms with van der Waals surface area (Å²) in [7, 11) is 0. The molecule has 4 rings (SSSR count). The van der Waals surface area contributed by atoms with Crippen molar-refractivity contribution < 1.29 is 14.0 Å². The molecule has 0 aliphatic carbocycles. The number of benzene rings is 1. The summed E-state index contributed by atoms with van der Waals surface area (Å²) in [6, 6.07) is 7.26. The number of amides is 2. The highest BCUT2D eigenvalue weighted by atomic mass is 19.1. The van der Waals surface area contributed by atoms with Crippen LogP contribution in [0, 0.1) is 12.7 Å². The lowest BCUT2D eigenvalue weighted by molar-refractivity contribution is -0.128. The highest BCUT2D eigenvalue weighted by Crippen LogP contribution is 2.21. The first-order chi connectivity index (χ1) is 15.4. The second-order valence-corrected chi connectivity index (χ2v) is 8.08. The van der Waals surface area contributed by atoms with E-state index < -0.39 is 6.04 Å². The highest BCUT2D eigenvalue weighted by Gasteiger charge is 2.27. The number of hydrogen-bond acceptors (Lipinski definition) is 6. The number of aromatic nitrogens is 4. The maximum absolute atomic E-state index is 13.5. The molecule has 9 nitrogen and oxygen atoms in total.